The van der Waals surface area contributed by atoms with Gasteiger partial charge >= 0.3 is 0 Å². The van der Waals surface area contributed by atoms with Crippen molar-refractivity contribution < 1.29 is 4.79 Å². The highest BCUT2D eigenvalue weighted by molar-refractivity contribution is 9.18. The minimum Gasteiger partial charge on any atom is -0.293 e. The number of rotatable bonds is 8. The van der Waals surface area contributed by atoms with Crippen LogP contribution in [-0.2, 0) is 4.79 Å². The third kappa shape index (κ3) is 4.96. The monoisotopic (exact) mass is 289 g/mol. The van der Waals surface area contributed by atoms with Crippen LogP contribution >= 0.6 is 15.9 Å². The molecule has 94 valence electrons. The molecule has 1 heterocycles. The zero-order valence-corrected chi connectivity index (χ0v) is 12.0. The summed E-state index contributed by atoms with van der Waals surface area (Å²) in [6.45, 7) is 4.46. The van der Waals surface area contributed by atoms with E-state index in [2.05, 4.69) is 27.8 Å². The second kappa shape index (κ2) is 8.24. The second-order valence-corrected chi connectivity index (χ2v) is 5.55. The number of hydrogen-bond acceptors (Lipinski definition) is 2. The number of carbonyl (C=O) groups is 1. The van der Waals surface area contributed by atoms with Gasteiger partial charge in [-0.2, -0.15) is 0 Å². The van der Waals surface area contributed by atoms with E-state index in [9.17, 15) is 4.79 Å². The molecule has 0 amide bonds. The molecule has 1 rings (SSSR count). The van der Waals surface area contributed by atoms with E-state index in [-0.39, 0.29) is 10.7 Å². The van der Waals surface area contributed by atoms with Crippen molar-refractivity contribution in [2.75, 3.05) is 13.1 Å². The summed E-state index contributed by atoms with van der Waals surface area (Å²) in [4.78, 5) is 13.6. The minimum absolute atomic E-state index is 0.163. The molecule has 0 N–H and O–H groups in total. The molecular weight excluding hydrogens is 266 g/mol. The molecule has 1 atom stereocenters. The predicted molar refractivity (Wildman–Crippen MR) is 71.9 cm³/mol. The summed E-state index contributed by atoms with van der Waals surface area (Å²) < 4.78 is 0.177. The van der Waals surface area contributed by atoms with Crippen LogP contribution in [0.5, 0.6) is 0 Å². The lowest BCUT2D eigenvalue weighted by atomic mass is 10.1. The molecule has 0 unspecified atom stereocenters. The van der Waals surface area contributed by atoms with Crippen molar-refractivity contribution >= 4 is 20.6 Å². The van der Waals surface area contributed by atoms with Gasteiger partial charge in [0.25, 0.3) is 0 Å². The maximum atomic E-state index is 11.3. The molecule has 0 bridgehead atoms. The van der Waals surface area contributed by atoms with Crippen LogP contribution < -0.4 is 0 Å². The first-order valence-electron chi connectivity index (χ1n) is 6.69. The lowest BCUT2D eigenvalue weighted by Crippen LogP contribution is -2.34. The molecule has 1 aliphatic heterocycles. The van der Waals surface area contributed by atoms with Crippen LogP contribution in [0.2, 0.25) is 0 Å². The molecule has 0 spiro atoms. The molecule has 1 aliphatic rings. The van der Waals surface area contributed by atoms with Crippen molar-refractivity contribution in [2.24, 2.45) is 0 Å². The molecule has 16 heavy (non-hydrogen) atoms. The van der Waals surface area contributed by atoms with Crippen molar-refractivity contribution in [3.8, 4) is 0 Å². The molecule has 0 aromatic carbocycles. The Morgan fingerprint density at radius 2 is 1.94 bits per heavy atom. The van der Waals surface area contributed by atoms with Gasteiger partial charge in [0.1, 0.15) is 0 Å². The Morgan fingerprint density at radius 3 is 2.62 bits per heavy atom. The van der Waals surface area contributed by atoms with Gasteiger partial charge in [0.15, 0.2) is 0 Å². The van der Waals surface area contributed by atoms with Gasteiger partial charge in [0.05, 0.1) is 6.04 Å². The smallest absolute Gasteiger partial charge is 0.214 e. The van der Waals surface area contributed by atoms with Gasteiger partial charge in [-0.1, -0.05) is 39.0 Å². The molecule has 1 saturated heterocycles. The van der Waals surface area contributed by atoms with E-state index in [0.29, 0.717) is 0 Å². The van der Waals surface area contributed by atoms with Crippen molar-refractivity contribution in [3.05, 3.63) is 0 Å². The van der Waals surface area contributed by atoms with Gasteiger partial charge in [0, 0.05) is 0 Å². The van der Waals surface area contributed by atoms with Crippen molar-refractivity contribution in [1.82, 2.24) is 4.90 Å². The Kier molecular flexibility index (Phi) is 7.30. The number of carbonyl (C=O) groups excluding carboxylic acids is 1. The fourth-order valence-electron chi connectivity index (χ4n) is 2.45. The van der Waals surface area contributed by atoms with Crippen molar-refractivity contribution in [2.45, 2.75) is 64.3 Å². The first-order valence-corrected chi connectivity index (χ1v) is 7.48. The fourth-order valence-corrected chi connectivity index (χ4v) is 2.96. The van der Waals surface area contributed by atoms with Crippen LogP contribution in [0.4, 0.5) is 0 Å². The van der Waals surface area contributed by atoms with Gasteiger partial charge in [0.2, 0.25) is 4.69 Å². The fraction of sp³-hybridized carbons (Fsp3) is 0.923. The van der Waals surface area contributed by atoms with Crippen LogP contribution in [-0.4, -0.2) is 28.7 Å². The lowest BCUT2D eigenvalue weighted by molar-refractivity contribution is -0.114. The number of unbranched alkanes of at least 4 members (excludes halogenated alkanes) is 5. The maximum absolute atomic E-state index is 11.3. The van der Waals surface area contributed by atoms with E-state index in [1.54, 1.807) is 0 Å². The summed E-state index contributed by atoms with van der Waals surface area (Å²) in [6.07, 6.45) is 10.2. The van der Waals surface area contributed by atoms with Crippen LogP contribution in [0.25, 0.3) is 0 Å². The molecule has 0 aromatic rings. The Labute approximate surface area is 108 Å². The standard InChI is InChI=1S/C13H24BrNO/c1-2-3-4-5-6-7-10-15-11-8-9-12(15)13(14)16/h12H,2-11H2,1H3/t12-/m0/s1. The summed E-state index contributed by atoms with van der Waals surface area (Å²) in [5.41, 5.74) is 0. The largest absolute Gasteiger partial charge is 0.293 e. The second-order valence-electron chi connectivity index (χ2n) is 4.77. The average molecular weight is 290 g/mol. The molecule has 3 heteroatoms. The Balaban J connectivity index is 2.05. The lowest BCUT2D eigenvalue weighted by Gasteiger charge is -2.21. The summed E-state index contributed by atoms with van der Waals surface area (Å²) in [6, 6.07) is 0.163. The Bertz CT molecular complexity index is 208. The quantitative estimate of drug-likeness (QED) is 0.501. The third-order valence-corrected chi connectivity index (χ3v) is 3.95. The van der Waals surface area contributed by atoms with Gasteiger partial charge in [-0.05, 0) is 48.3 Å². The highest BCUT2D eigenvalue weighted by Crippen LogP contribution is 2.20. The third-order valence-electron chi connectivity index (χ3n) is 3.42. The molecule has 0 aromatic heterocycles. The molecule has 0 radical (unpaired) electrons. The zero-order valence-electron chi connectivity index (χ0n) is 10.4. The number of nitrogens with zero attached hydrogens (tertiary/aromatic N) is 1. The summed E-state index contributed by atoms with van der Waals surface area (Å²) in [5.74, 6) is 0. The van der Waals surface area contributed by atoms with E-state index < -0.39 is 0 Å². The molecule has 1 fully saturated rings. The first-order chi connectivity index (χ1) is 7.75. The zero-order chi connectivity index (χ0) is 11.8. The SMILES string of the molecule is CCCCCCCCN1CCC[C@H]1C(=O)Br. The van der Waals surface area contributed by atoms with E-state index in [0.717, 1.165) is 19.5 Å². The minimum atomic E-state index is 0.163. The number of likely N-dealkylation sites (tertiary alicyclic amines) is 1. The van der Waals surface area contributed by atoms with Gasteiger partial charge in [-0.15, -0.1) is 0 Å². The molecule has 0 saturated carbocycles. The van der Waals surface area contributed by atoms with Crippen LogP contribution in [0.15, 0.2) is 0 Å². The van der Waals surface area contributed by atoms with Crippen LogP contribution in [0, 0.1) is 0 Å². The van der Waals surface area contributed by atoms with Crippen LogP contribution in [0.1, 0.15) is 58.3 Å². The van der Waals surface area contributed by atoms with Gasteiger partial charge in [-0.25, -0.2) is 0 Å². The average Bonchev–Trinajstić information content (AvgIpc) is 2.71. The van der Waals surface area contributed by atoms with Gasteiger partial charge < -0.3 is 0 Å². The van der Waals surface area contributed by atoms with E-state index in [1.165, 1.54) is 44.9 Å². The topological polar surface area (TPSA) is 20.3 Å². The van der Waals surface area contributed by atoms with Crippen molar-refractivity contribution in [1.29, 1.82) is 0 Å². The first kappa shape index (κ1) is 14.2. The summed E-state index contributed by atoms with van der Waals surface area (Å²) in [7, 11) is 0. The van der Waals surface area contributed by atoms with E-state index in [1.807, 2.05) is 0 Å². The molecule has 2 nitrogen and oxygen atoms in total. The predicted octanol–water partition coefficient (Wildman–Crippen LogP) is 3.73. The summed E-state index contributed by atoms with van der Waals surface area (Å²) >= 11 is 3.10. The van der Waals surface area contributed by atoms with E-state index >= 15 is 0 Å². The summed E-state index contributed by atoms with van der Waals surface area (Å²) in [5, 5.41) is 0. The molecule has 0 aliphatic carbocycles. The Hall–Kier alpha value is 0.110. The van der Waals surface area contributed by atoms with Crippen molar-refractivity contribution in [3.63, 3.8) is 0 Å². The van der Waals surface area contributed by atoms with Gasteiger partial charge in [-0.3, -0.25) is 9.69 Å². The highest BCUT2D eigenvalue weighted by Gasteiger charge is 2.28. The highest BCUT2D eigenvalue weighted by atomic mass is 79.9. The number of halogens is 1. The molecular formula is C13H24BrNO. The van der Waals surface area contributed by atoms with Crippen LogP contribution in [0.3, 0.4) is 0 Å². The normalized spacial score (nSPS) is 21.5. The number of hydrogen-bond donors (Lipinski definition) is 0. The van der Waals surface area contributed by atoms with E-state index in [4.69, 9.17) is 0 Å². The maximum Gasteiger partial charge on any atom is 0.214 e. The Morgan fingerprint density at radius 1 is 1.25 bits per heavy atom.